The van der Waals surface area contributed by atoms with Gasteiger partial charge < -0.3 is 68.9 Å². The van der Waals surface area contributed by atoms with E-state index in [1.165, 1.54) is 26.6 Å². The zero-order chi connectivity index (χ0) is 52.9. The predicted octanol–water partition coefficient (Wildman–Crippen LogP) is 4.69. The number of nitrogens with zero attached hydrogens (tertiary/aromatic N) is 3. The molecular formula is C50H81N4O15P. The topological polar surface area (TPSA) is 287 Å². The summed E-state index contributed by atoms with van der Waals surface area (Å²) in [5.74, 6) is -3.63. The molecular weight excluding hydrogens is 928 g/mol. The molecule has 8 N–H and O–H groups in total. The molecule has 0 bridgehead atoms. The quantitative estimate of drug-likeness (QED) is 0.0355. The number of aliphatic hydroxyl groups excluding tert-OH is 5. The van der Waals surface area contributed by atoms with Crippen molar-refractivity contribution in [3.8, 4) is 6.07 Å². The summed E-state index contributed by atoms with van der Waals surface area (Å²) in [5.41, 5.74) is 1.87. The second-order valence-corrected chi connectivity index (χ2v) is 21.1. The largest absolute Gasteiger partial charge is 0.469 e. The highest BCUT2D eigenvalue weighted by Gasteiger charge is 2.68. The number of hydrogen-bond acceptors (Lipinski definition) is 16. The van der Waals surface area contributed by atoms with E-state index in [9.17, 15) is 44.7 Å². The first-order valence-corrected chi connectivity index (χ1v) is 25.4. The summed E-state index contributed by atoms with van der Waals surface area (Å²) in [7, 11) is 1.12. The van der Waals surface area contributed by atoms with Crippen LogP contribution in [-0.2, 0) is 32.8 Å². The van der Waals surface area contributed by atoms with Gasteiger partial charge in [-0.1, -0.05) is 77.5 Å². The van der Waals surface area contributed by atoms with Gasteiger partial charge in [0.05, 0.1) is 49.2 Å². The number of nitrogens with one attached hydrogen (secondary N) is 1. The standard InChI is InChI=1S/C50H81N4O15P/c1-29(20-22-51)16-14-17-30(2)32(4)24-33(5)42(57)35(7)38(55)25-41(65-13)45-46(69-70(61,62)63)49(8,9)50(68-45)26-39(56)34(6)40(67-50)19-15-18-36-27-66-48(53-36)31(3)21-23-52-47(60)44(59)43(58)37(28-64-12)54(10)11/h14-18,20,24,27,31,33-35,37-46,55-59H,19,21,23,25-26,28H2,1-13H3,(H,52,60)(H2,61,62,63)/t31-,33+,34-,35-,37-,38-,39+,40-,41-,42+,43-,44-,45+,46-,50+/m0/s1. The Balaban J connectivity index is 1.74. The Labute approximate surface area is 414 Å². The maximum atomic E-state index is 12.6. The molecule has 0 unspecified atom stereocenters. The highest BCUT2D eigenvalue weighted by atomic mass is 31.2. The Morgan fingerprint density at radius 3 is 2.36 bits per heavy atom. The molecule has 2 saturated heterocycles. The van der Waals surface area contributed by atoms with E-state index in [4.69, 9.17) is 33.2 Å². The molecule has 1 aromatic heterocycles. The fourth-order valence-corrected chi connectivity index (χ4v) is 9.64. The Kier molecular flexibility index (Phi) is 23.5. The molecule has 396 valence electrons. The van der Waals surface area contributed by atoms with Crippen LogP contribution in [0.2, 0.25) is 0 Å². The summed E-state index contributed by atoms with van der Waals surface area (Å²) in [4.78, 5) is 39.2. The summed E-state index contributed by atoms with van der Waals surface area (Å²) < 4.78 is 48.2. The third-order valence-corrected chi connectivity index (χ3v) is 14.5. The van der Waals surface area contributed by atoms with E-state index in [2.05, 4.69) is 10.3 Å². The summed E-state index contributed by atoms with van der Waals surface area (Å²) in [5, 5.41) is 67.1. The van der Waals surface area contributed by atoms with Gasteiger partial charge in [0.15, 0.2) is 17.8 Å². The molecule has 1 spiro atoms. The minimum absolute atomic E-state index is 0.0645. The van der Waals surface area contributed by atoms with E-state index >= 15 is 0 Å². The Morgan fingerprint density at radius 1 is 1.09 bits per heavy atom. The normalized spacial score (nSPS) is 27.6. The van der Waals surface area contributed by atoms with Gasteiger partial charge in [0, 0.05) is 68.8 Å². The average Bonchev–Trinajstić information content (AvgIpc) is 3.84. The molecule has 0 aliphatic carbocycles. The highest BCUT2D eigenvalue weighted by Crippen LogP contribution is 2.59. The van der Waals surface area contributed by atoms with Crippen molar-refractivity contribution in [1.29, 1.82) is 5.26 Å². The van der Waals surface area contributed by atoms with E-state index in [1.54, 1.807) is 45.8 Å². The van der Waals surface area contributed by atoms with Crippen LogP contribution < -0.4 is 5.32 Å². The van der Waals surface area contributed by atoms with Crippen LogP contribution in [0.1, 0.15) is 105 Å². The van der Waals surface area contributed by atoms with Crippen LogP contribution in [0.4, 0.5) is 0 Å². The molecule has 2 aliphatic heterocycles. The van der Waals surface area contributed by atoms with Crippen LogP contribution in [0.15, 0.2) is 63.9 Å². The number of methoxy groups -OCH3 is 2. The Hall–Kier alpha value is -3.42. The number of carbonyl (C=O) groups excluding carboxylic acids is 1. The maximum absolute atomic E-state index is 12.6. The molecule has 0 radical (unpaired) electrons. The van der Waals surface area contributed by atoms with Crippen molar-refractivity contribution in [1.82, 2.24) is 15.2 Å². The van der Waals surface area contributed by atoms with Gasteiger partial charge in [0.25, 0.3) is 5.91 Å². The summed E-state index contributed by atoms with van der Waals surface area (Å²) in [6, 6.07) is 1.40. The lowest BCUT2D eigenvalue weighted by atomic mass is 9.72. The van der Waals surface area contributed by atoms with Crippen molar-refractivity contribution >= 4 is 19.8 Å². The van der Waals surface area contributed by atoms with Crippen molar-refractivity contribution in [3.05, 3.63) is 71.0 Å². The zero-order valence-corrected chi connectivity index (χ0v) is 44.0. The lowest BCUT2D eigenvalue weighted by molar-refractivity contribution is -0.334. The molecule has 70 heavy (non-hydrogen) atoms. The monoisotopic (exact) mass is 1010 g/mol. The van der Waals surface area contributed by atoms with Gasteiger partial charge in [-0.15, -0.1) is 0 Å². The average molecular weight is 1010 g/mol. The molecule has 0 saturated carbocycles. The minimum Gasteiger partial charge on any atom is -0.448 e. The fraction of sp³-hybridized carbons (Fsp3) is 0.700. The number of aromatic nitrogens is 1. The number of allylic oxidation sites excluding steroid dienone is 7. The number of carbonyl (C=O) groups is 1. The van der Waals surface area contributed by atoms with Gasteiger partial charge >= 0.3 is 7.82 Å². The number of amides is 1. The van der Waals surface area contributed by atoms with Crippen molar-refractivity contribution in [2.24, 2.45) is 23.2 Å². The SMILES string of the molecule is COC[C@@H]([C@H](O)[C@H](O)C(=O)NCC[C@H](C)c1nc(C=CC[C@@H]2O[C@]3(C[C@@H](O)[C@@H]2C)O[C@H]([C@H](C[C@H](O)[C@H](C)[C@H](O)[C@H](C)C=C(C)C(C)=CC=CC(C)=CC#N)OC)[C@H](OP(=O)(O)O)C3(C)C)co1)N(C)C. The van der Waals surface area contributed by atoms with Gasteiger partial charge in [-0.2, -0.15) is 5.26 Å². The number of oxazole rings is 1. The van der Waals surface area contributed by atoms with Crippen LogP contribution >= 0.6 is 7.82 Å². The Morgan fingerprint density at radius 2 is 1.76 bits per heavy atom. The molecule has 3 heterocycles. The van der Waals surface area contributed by atoms with E-state index in [0.29, 0.717) is 18.0 Å². The lowest BCUT2D eigenvalue weighted by Gasteiger charge is -2.50. The summed E-state index contributed by atoms with van der Waals surface area (Å²) >= 11 is 0. The first-order valence-electron chi connectivity index (χ1n) is 23.8. The number of ether oxygens (including phenoxy) is 4. The van der Waals surface area contributed by atoms with Crippen LogP contribution in [0.25, 0.3) is 6.08 Å². The van der Waals surface area contributed by atoms with E-state index < -0.39 is 97.7 Å². The van der Waals surface area contributed by atoms with E-state index in [0.717, 1.165) is 16.7 Å². The third-order valence-electron chi connectivity index (χ3n) is 14.0. The van der Waals surface area contributed by atoms with Crippen LogP contribution in [0.5, 0.6) is 0 Å². The second-order valence-electron chi connectivity index (χ2n) is 19.9. The van der Waals surface area contributed by atoms with Gasteiger partial charge in [-0.05, 0) is 64.9 Å². The fourth-order valence-electron chi connectivity index (χ4n) is 8.96. The minimum atomic E-state index is -5.15. The van der Waals surface area contributed by atoms with Crippen LogP contribution in [0.3, 0.4) is 0 Å². The van der Waals surface area contributed by atoms with Gasteiger partial charge in [-0.3, -0.25) is 9.32 Å². The predicted molar refractivity (Wildman–Crippen MR) is 262 cm³/mol. The van der Waals surface area contributed by atoms with E-state index in [1.807, 2.05) is 78.0 Å². The third kappa shape index (κ3) is 16.3. The molecule has 1 amide bonds. The lowest BCUT2D eigenvalue weighted by Crippen LogP contribution is -2.58. The van der Waals surface area contributed by atoms with Crippen molar-refractivity contribution in [2.45, 2.75) is 161 Å². The molecule has 19 nitrogen and oxygen atoms in total. The van der Waals surface area contributed by atoms with Crippen LogP contribution in [0, 0.1) is 34.5 Å². The Bertz CT molecular complexity index is 2080. The first kappa shape index (κ1) is 60.9. The number of rotatable bonds is 26. The van der Waals surface area contributed by atoms with Gasteiger partial charge in [0.2, 0.25) is 0 Å². The summed E-state index contributed by atoms with van der Waals surface area (Å²) in [6.07, 6.45) is 4.10. The van der Waals surface area contributed by atoms with Crippen molar-refractivity contribution in [3.63, 3.8) is 0 Å². The number of phosphoric acid groups is 1. The number of phosphoric ester groups is 1. The first-order chi connectivity index (χ1) is 32.6. The molecule has 3 rings (SSSR count). The highest BCUT2D eigenvalue weighted by molar-refractivity contribution is 7.46. The van der Waals surface area contributed by atoms with E-state index in [-0.39, 0.29) is 44.2 Å². The van der Waals surface area contributed by atoms with Gasteiger partial charge in [-0.25, -0.2) is 9.55 Å². The van der Waals surface area contributed by atoms with Gasteiger partial charge in [0.1, 0.15) is 30.3 Å². The number of aliphatic hydroxyl groups is 5. The molecule has 2 aliphatic rings. The molecule has 20 heteroatoms. The molecule has 2 fully saturated rings. The second kappa shape index (κ2) is 27.0. The molecule has 1 aromatic rings. The van der Waals surface area contributed by atoms with Crippen LogP contribution in [-0.4, -0.2) is 159 Å². The number of likely N-dealkylation sites (N-methyl/N-ethyl adjacent to an activating group) is 1. The molecule has 15 atom stereocenters. The smallest absolute Gasteiger partial charge is 0.448 e. The van der Waals surface area contributed by atoms with Crippen molar-refractivity contribution in [2.75, 3.05) is 41.5 Å². The maximum Gasteiger partial charge on any atom is 0.469 e. The number of hydrogen-bond donors (Lipinski definition) is 8. The van der Waals surface area contributed by atoms with Crippen molar-refractivity contribution < 1.29 is 72.6 Å². The number of nitriles is 1. The summed E-state index contributed by atoms with van der Waals surface area (Å²) in [6.45, 7) is 16.6. The molecule has 0 aromatic carbocycles. The zero-order valence-electron chi connectivity index (χ0n) is 43.1.